The molecule has 0 unspecified atom stereocenters. The third-order valence-corrected chi connectivity index (χ3v) is 7.70. The van der Waals surface area contributed by atoms with Crippen LogP contribution in [-0.2, 0) is 9.59 Å². The molecule has 182 valence electrons. The Kier molecular flexibility index (Phi) is 6.98. The second kappa shape index (κ2) is 10.5. The SMILES string of the molecule is O=C(C[C@H]1SC(N2CCCC2)=NC1=O)Nc1ccc(C(=O)N2CCN(c3ccncc3)CC2)cc1. The molecule has 3 amide bonds. The Morgan fingerprint density at radius 1 is 0.914 bits per heavy atom. The van der Waals surface area contributed by atoms with Crippen LogP contribution in [0.15, 0.2) is 53.8 Å². The van der Waals surface area contributed by atoms with Gasteiger partial charge < -0.3 is 20.0 Å². The molecule has 2 aromatic rings. The molecule has 0 saturated carbocycles. The highest BCUT2D eigenvalue weighted by Crippen LogP contribution is 2.29. The highest BCUT2D eigenvalue weighted by molar-refractivity contribution is 8.15. The number of anilines is 2. The minimum absolute atomic E-state index is 0.0169. The van der Waals surface area contributed by atoms with Gasteiger partial charge >= 0.3 is 0 Å². The predicted octanol–water partition coefficient (Wildman–Crippen LogP) is 2.47. The van der Waals surface area contributed by atoms with Crippen LogP contribution < -0.4 is 10.2 Å². The summed E-state index contributed by atoms with van der Waals surface area (Å²) in [6.07, 6.45) is 5.85. The van der Waals surface area contributed by atoms with Gasteiger partial charge in [0.25, 0.3) is 11.8 Å². The minimum Gasteiger partial charge on any atom is -0.368 e. The normalized spacial score (nSPS) is 20.2. The van der Waals surface area contributed by atoms with E-state index >= 15 is 0 Å². The minimum atomic E-state index is -0.475. The zero-order valence-electron chi connectivity index (χ0n) is 19.4. The van der Waals surface area contributed by atoms with E-state index in [1.807, 2.05) is 17.0 Å². The molecular weight excluding hydrogens is 464 g/mol. The van der Waals surface area contributed by atoms with E-state index < -0.39 is 5.25 Å². The Bertz CT molecular complexity index is 1110. The van der Waals surface area contributed by atoms with Crippen LogP contribution in [0, 0.1) is 0 Å². The molecule has 1 N–H and O–H groups in total. The number of aromatic nitrogens is 1. The van der Waals surface area contributed by atoms with E-state index in [1.165, 1.54) is 11.8 Å². The van der Waals surface area contributed by atoms with Crippen LogP contribution in [0.2, 0.25) is 0 Å². The number of aliphatic imine (C=N–C) groups is 1. The van der Waals surface area contributed by atoms with Crippen molar-refractivity contribution in [3.05, 3.63) is 54.4 Å². The van der Waals surface area contributed by atoms with Crippen LogP contribution >= 0.6 is 11.8 Å². The third-order valence-electron chi connectivity index (χ3n) is 6.49. The maximum Gasteiger partial charge on any atom is 0.262 e. The van der Waals surface area contributed by atoms with Crippen LogP contribution in [0.25, 0.3) is 0 Å². The van der Waals surface area contributed by atoms with Gasteiger partial charge in [-0.15, -0.1) is 0 Å². The van der Waals surface area contributed by atoms with Crippen LogP contribution in [-0.4, -0.2) is 82.2 Å². The number of likely N-dealkylation sites (tertiary alicyclic amines) is 1. The van der Waals surface area contributed by atoms with Crippen molar-refractivity contribution in [1.82, 2.24) is 14.8 Å². The monoisotopic (exact) mass is 492 g/mol. The topological polar surface area (TPSA) is 98.2 Å². The molecule has 5 rings (SSSR count). The molecule has 35 heavy (non-hydrogen) atoms. The number of hydrogen-bond donors (Lipinski definition) is 1. The van der Waals surface area contributed by atoms with Gasteiger partial charge in [0.2, 0.25) is 5.91 Å². The zero-order valence-corrected chi connectivity index (χ0v) is 20.2. The molecule has 3 aliphatic heterocycles. The molecule has 2 saturated heterocycles. The smallest absolute Gasteiger partial charge is 0.262 e. The molecule has 0 spiro atoms. The van der Waals surface area contributed by atoms with Gasteiger partial charge in [0.05, 0.1) is 0 Å². The van der Waals surface area contributed by atoms with Crippen molar-refractivity contribution in [3.63, 3.8) is 0 Å². The Balaban J connectivity index is 1.10. The lowest BCUT2D eigenvalue weighted by Gasteiger charge is -2.36. The molecule has 1 aromatic heterocycles. The second-order valence-corrected chi connectivity index (χ2v) is 10.0. The van der Waals surface area contributed by atoms with Crippen molar-refractivity contribution >= 4 is 46.0 Å². The first-order valence-corrected chi connectivity index (χ1v) is 12.8. The lowest BCUT2D eigenvalue weighted by molar-refractivity contribution is -0.121. The number of carbonyl (C=O) groups excluding carboxylic acids is 3. The van der Waals surface area contributed by atoms with Gasteiger partial charge in [-0.1, -0.05) is 11.8 Å². The highest BCUT2D eigenvalue weighted by atomic mass is 32.2. The van der Waals surface area contributed by atoms with Crippen LogP contribution in [0.5, 0.6) is 0 Å². The van der Waals surface area contributed by atoms with Crippen molar-refractivity contribution in [1.29, 1.82) is 0 Å². The molecule has 0 bridgehead atoms. The first kappa shape index (κ1) is 23.3. The van der Waals surface area contributed by atoms with Gasteiger partial charge in [0.15, 0.2) is 5.17 Å². The van der Waals surface area contributed by atoms with Gasteiger partial charge in [-0.2, -0.15) is 4.99 Å². The van der Waals surface area contributed by atoms with E-state index in [4.69, 9.17) is 0 Å². The number of piperazine rings is 1. The molecule has 10 heteroatoms. The Labute approximate surface area is 208 Å². The van der Waals surface area contributed by atoms with Crippen molar-refractivity contribution in [2.75, 3.05) is 49.5 Å². The molecule has 9 nitrogen and oxygen atoms in total. The fourth-order valence-corrected chi connectivity index (χ4v) is 5.65. The van der Waals surface area contributed by atoms with E-state index in [0.717, 1.165) is 49.9 Å². The number of nitrogens with one attached hydrogen (secondary N) is 1. The van der Waals surface area contributed by atoms with Crippen molar-refractivity contribution in [2.45, 2.75) is 24.5 Å². The molecule has 0 radical (unpaired) electrons. The zero-order chi connectivity index (χ0) is 24.2. The highest BCUT2D eigenvalue weighted by Gasteiger charge is 2.33. The third kappa shape index (κ3) is 5.48. The lowest BCUT2D eigenvalue weighted by atomic mass is 10.1. The standard InChI is InChI=1S/C25H28N6O3S/c32-22(17-21-23(33)28-25(35-21)31-11-1-2-12-31)27-19-5-3-18(4-6-19)24(34)30-15-13-29(14-16-30)20-7-9-26-10-8-20/h3-10,21H,1-2,11-17H2,(H,27,32)/t21-/m1/s1. The summed E-state index contributed by atoms with van der Waals surface area (Å²) in [5.74, 6) is -0.492. The van der Waals surface area contributed by atoms with Crippen molar-refractivity contribution < 1.29 is 14.4 Å². The van der Waals surface area contributed by atoms with Gasteiger partial charge in [0.1, 0.15) is 5.25 Å². The van der Waals surface area contributed by atoms with E-state index in [1.54, 1.807) is 36.7 Å². The summed E-state index contributed by atoms with van der Waals surface area (Å²) in [6, 6.07) is 10.9. The van der Waals surface area contributed by atoms with Crippen molar-refractivity contribution in [2.24, 2.45) is 4.99 Å². The Morgan fingerprint density at radius 2 is 1.60 bits per heavy atom. The van der Waals surface area contributed by atoms with Crippen LogP contribution in [0.3, 0.4) is 0 Å². The van der Waals surface area contributed by atoms with Gasteiger partial charge in [-0.25, -0.2) is 0 Å². The number of nitrogens with zero attached hydrogens (tertiary/aromatic N) is 5. The van der Waals surface area contributed by atoms with E-state index in [-0.39, 0.29) is 24.1 Å². The molecule has 1 aromatic carbocycles. The Morgan fingerprint density at radius 3 is 2.29 bits per heavy atom. The summed E-state index contributed by atoms with van der Waals surface area (Å²) < 4.78 is 0. The molecule has 3 aliphatic rings. The molecule has 4 heterocycles. The predicted molar refractivity (Wildman–Crippen MR) is 137 cm³/mol. The molecule has 2 fully saturated rings. The maximum atomic E-state index is 12.9. The summed E-state index contributed by atoms with van der Waals surface area (Å²) in [7, 11) is 0. The molecule has 1 atom stereocenters. The van der Waals surface area contributed by atoms with Crippen molar-refractivity contribution in [3.8, 4) is 0 Å². The number of thioether (sulfide) groups is 1. The fraction of sp³-hybridized carbons (Fsp3) is 0.400. The number of rotatable bonds is 5. The largest absolute Gasteiger partial charge is 0.368 e. The lowest BCUT2D eigenvalue weighted by Crippen LogP contribution is -2.48. The van der Waals surface area contributed by atoms with E-state index in [9.17, 15) is 14.4 Å². The first-order valence-electron chi connectivity index (χ1n) is 11.9. The fourth-order valence-electron chi connectivity index (χ4n) is 4.53. The quantitative estimate of drug-likeness (QED) is 0.685. The molecule has 0 aliphatic carbocycles. The number of amides is 3. The number of hydrogen-bond acceptors (Lipinski definition) is 7. The van der Waals surface area contributed by atoms with Gasteiger partial charge in [-0.05, 0) is 49.2 Å². The summed E-state index contributed by atoms with van der Waals surface area (Å²) >= 11 is 1.38. The number of pyridine rings is 1. The Hall–Kier alpha value is -3.40. The first-order chi connectivity index (χ1) is 17.1. The maximum absolute atomic E-state index is 12.9. The number of amidine groups is 1. The average Bonchev–Trinajstić information content (AvgIpc) is 3.55. The van der Waals surface area contributed by atoms with E-state index in [2.05, 4.69) is 25.1 Å². The summed E-state index contributed by atoms with van der Waals surface area (Å²) in [4.78, 5) is 52.1. The van der Waals surface area contributed by atoms with Gasteiger partial charge in [-0.3, -0.25) is 19.4 Å². The number of benzene rings is 1. The second-order valence-electron chi connectivity index (χ2n) is 8.85. The molecular formula is C25H28N6O3S. The average molecular weight is 493 g/mol. The summed E-state index contributed by atoms with van der Waals surface area (Å²) in [5.41, 5.74) is 2.31. The van der Waals surface area contributed by atoms with Crippen LogP contribution in [0.4, 0.5) is 11.4 Å². The van der Waals surface area contributed by atoms with E-state index in [0.29, 0.717) is 24.3 Å². The summed E-state index contributed by atoms with van der Waals surface area (Å²) in [5, 5.41) is 3.11. The van der Waals surface area contributed by atoms with Crippen LogP contribution in [0.1, 0.15) is 29.6 Å². The number of carbonyl (C=O) groups is 3. The summed E-state index contributed by atoms with van der Waals surface area (Å²) in [6.45, 7) is 4.67. The van der Waals surface area contributed by atoms with Gasteiger partial charge in [0, 0.05) is 75.0 Å².